The molecule has 2 aromatic rings. The maximum absolute atomic E-state index is 12.3. The van der Waals surface area contributed by atoms with Crippen molar-refractivity contribution < 1.29 is 9.59 Å². The third kappa shape index (κ3) is 1.78. The van der Waals surface area contributed by atoms with Crippen molar-refractivity contribution in [3.8, 4) is 0 Å². The number of carbonyl (C=O) groups is 2. The topological polar surface area (TPSA) is 47.0 Å². The maximum Gasteiger partial charge on any atom is 0.180 e. The van der Waals surface area contributed by atoms with E-state index in [1.54, 1.807) is 30.5 Å². The van der Waals surface area contributed by atoms with Crippen molar-refractivity contribution in [2.75, 3.05) is 0 Å². The van der Waals surface area contributed by atoms with Gasteiger partial charge in [0.05, 0.1) is 5.69 Å². The highest BCUT2D eigenvalue weighted by Gasteiger charge is 2.40. The van der Waals surface area contributed by atoms with Crippen LogP contribution in [0.3, 0.4) is 0 Å². The molecule has 94 valence electrons. The molecule has 1 aromatic heterocycles. The summed E-state index contributed by atoms with van der Waals surface area (Å²) >= 11 is 0. The Balaban J connectivity index is 2.08. The van der Waals surface area contributed by atoms with Gasteiger partial charge in [0.2, 0.25) is 0 Å². The lowest BCUT2D eigenvalue weighted by molar-refractivity contribution is 0.0888. The lowest BCUT2D eigenvalue weighted by atomic mass is 9.97. The van der Waals surface area contributed by atoms with Crippen LogP contribution in [0.2, 0.25) is 0 Å². The van der Waals surface area contributed by atoms with E-state index in [-0.39, 0.29) is 11.6 Å². The van der Waals surface area contributed by atoms with Crippen LogP contribution in [0, 0.1) is 0 Å². The standard InChI is InChI=1S/C16H13NO2/c1-2-10-7-8-17-13(9-10)14-15(18)11-5-3-4-6-12(11)16(14)19/h3-9,14H,2H2,1H3. The molecule has 1 aromatic carbocycles. The van der Waals surface area contributed by atoms with E-state index in [0.717, 1.165) is 12.0 Å². The van der Waals surface area contributed by atoms with Crippen LogP contribution in [0.15, 0.2) is 42.6 Å². The molecule has 0 saturated heterocycles. The molecule has 1 aliphatic carbocycles. The predicted octanol–water partition coefficient (Wildman–Crippen LogP) is 2.81. The van der Waals surface area contributed by atoms with Crippen molar-refractivity contribution in [3.63, 3.8) is 0 Å². The number of aromatic nitrogens is 1. The Labute approximate surface area is 111 Å². The fourth-order valence-corrected chi connectivity index (χ4v) is 2.48. The Morgan fingerprint density at radius 1 is 1.05 bits per heavy atom. The number of aryl methyl sites for hydroxylation is 1. The zero-order valence-electron chi connectivity index (χ0n) is 10.6. The van der Waals surface area contributed by atoms with Crippen LogP contribution in [-0.2, 0) is 6.42 Å². The van der Waals surface area contributed by atoms with Gasteiger partial charge in [0.15, 0.2) is 11.6 Å². The summed E-state index contributed by atoms with van der Waals surface area (Å²) < 4.78 is 0. The van der Waals surface area contributed by atoms with Crippen LogP contribution in [0.1, 0.15) is 44.8 Å². The minimum Gasteiger partial charge on any atom is -0.293 e. The number of rotatable bonds is 2. The Hall–Kier alpha value is -2.29. The molecule has 0 aliphatic heterocycles. The van der Waals surface area contributed by atoms with Crippen molar-refractivity contribution in [2.24, 2.45) is 0 Å². The molecular weight excluding hydrogens is 238 g/mol. The van der Waals surface area contributed by atoms with Gasteiger partial charge in [-0.2, -0.15) is 0 Å². The summed E-state index contributed by atoms with van der Waals surface area (Å²) in [6.07, 6.45) is 2.52. The summed E-state index contributed by atoms with van der Waals surface area (Å²) in [5.74, 6) is -1.04. The quantitative estimate of drug-likeness (QED) is 0.771. The number of ketones is 2. The molecule has 3 heteroatoms. The molecule has 0 unspecified atom stereocenters. The highest BCUT2D eigenvalue weighted by molar-refractivity contribution is 6.29. The molecule has 3 nitrogen and oxygen atoms in total. The third-order valence-electron chi connectivity index (χ3n) is 3.53. The van der Waals surface area contributed by atoms with Crippen molar-refractivity contribution in [3.05, 3.63) is 65.0 Å². The lowest BCUT2D eigenvalue weighted by Gasteiger charge is -2.07. The third-order valence-corrected chi connectivity index (χ3v) is 3.53. The first kappa shape index (κ1) is 11.8. The zero-order chi connectivity index (χ0) is 13.4. The summed E-state index contributed by atoms with van der Waals surface area (Å²) in [6.45, 7) is 2.03. The molecule has 0 radical (unpaired) electrons. The predicted molar refractivity (Wildman–Crippen MR) is 71.5 cm³/mol. The van der Waals surface area contributed by atoms with Crippen LogP contribution < -0.4 is 0 Å². The number of Topliss-reactive ketones (excluding diaryl/α,β-unsaturated/α-hetero) is 2. The van der Waals surface area contributed by atoms with Crippen molar-refractivity contribution in [1.29, 1.82) is 0 Å². The van der Waals surface area contributed by atoms with Crippen molar-refractivity contribution in [1.82, 2.24) is 4.98 Å². The second-order valence-electron chi connectivity index (χ2n) is 4.65. The summed E-state index contributed by atoms with van der Waals surface area (Å²) in [4.78, 5) is 28.9. The van der Waals surface area contributed by atoms with E-state index < -0.39 is 5.92 Å². The molecule has 0 bridgehead atoms. The molecule has 1 aliphatic rings. The van der Waals surface area contributed by atoms with Gasteiger partial charge in [-0.05, 0) is 24.1 Å². The second-order valence-corrected chi connectivity index (χ2v) is 4.65. The second kappa shape index (κ2) is 4.43. The minimum atomic E-state index is -0.760. The van der Waals surface area contributed by atoms with Crippen LogP contribution >= 0.6 is 0 Å². The Morgan fingerprint density at radius 3 is 2.26 bits per heavy atom. The molecule has 0 N–H and O–H groups in total. The first-order valence-corrected chi connectivity index (χ1v) is 6.34. The van der Waals surface area contributed by atoms with Gasteiger partial charge >= 0.3 is 0 Å². The number of hydrogen-bond acceptors (Lipinski definition) is 3. The molecule has 0 amide bonds. The first-order chi connectivity index (χ1) is 9.22. The number of fused-ring (bicyclic) bond motifs is 1. The van der Waals surface area contributed by atoms with Crippen LogP contribution in [0.4, 0.5) is 0 Å². The van der Waals surface area contributed by atoms with Crippen molar-refractivity contribution in [2.45, 2.75) is 19.3 Å². The molecule has 19 heavy (non-hydrogen) atoms. The number of benzene rings is 1. The van der Waals surface area contributed by atoms with Gasteiger partial charge in [0.25, 0.3) is 0 Å². The van der Waals surface area contributed by atoms with Gasteiger partial charge in [-0.3, -0.25) is 14.6 Å². The first-order valence-electron chi connectivity index (χ1n) is 6.34. The normalized spacial score (nSPS) is 14.8. The van der Waals surface area contributed by atoms with Gasteiger partial charge in [0, 0.05) is 17.3 Å². The van der Waals surface area contributed by atoms with Crippen LogP contribution in [0.5, 0.6) is 0 Å². The van der Waals surface area contributed by atoms with Gasteiger partial charge in [0.1, 0.15) is 5.92 Å². The monoisotopic (exact) mass is 251 g/mol. The fourth-order valence-electron chi connectivity index (χ4n) is 2.48. The molecule has 1 heterocycles. The smallest absolute Gasteiger partial charge is 0.180 e. The largest absolute Gasteiger partial charge is 0.293 e. The SMILES string of the molecule is CCc1ccnc(C2C(=O)c3ccccc3C2=O)c1. The van der Waals surface area contributed by atoms with E-state index in [1.165, 1.54) is 0 Å². The number of pyridine rings is 1. The van der Waals surface area contributed by atoms with E-state index in [9.17, 15) is 9.59 Å². The molecular formula is C16H13NO2. The van der Waals surface area contributed by atoms with Crippen molar-refractivity contribution >= 4 is 11.6 Å². The van der Waals surface area contributed by atoms with E-state index >= 15 is 0 Å². The molecule has 0 fully saturated rings. The highest BCUT2D eigenvalue weighted by atomic mass is 16.2. The van der Waals surface area contributed by atoms with Gasteiger partial charge in [-0.15, -0.1) is 0 Å². The molecule has 0 saturated carbocycles. The lowest BCUT2D eigenvalue weighted by Crippen LogP contribution is -2.14. The van der Waals surface area contributed by atoms with Gasteiger partial charge in [-0.1, -0.05) is 31.2 Å². The van der Waals surface area contributed by atoms with E-state index in [0.29, 0.717) is 16.8 Å². The average Bonchev–Trinajstić information content (AvgIpc) is 2.72. The summed E-state index contributed by atoms with van der Waals surface area (Å²) in [6, 6.07) is 10.7. The highest BCUT2D eigenvalue weighted by Crippen LogP contribution is 2.33. The van der Waals surface area contributed by atoms with Gasteiger partial charge < -0.3 is 0 Å². The molecule has 0 atom stereocenters. The summed E-state index contributed by atoms with van der Waals surface area (Å²) in [5.41, 5.74) is 2.68. The summed E-state index contributed by atoms with van der Waals surface area (Å²) in [5, 5.41) is 0. The Kier molecular flexibility index (Phi) is 2.75. The Bertz CT molecular complexity index is 641. The minimum absolute atomic E-state index is 0.138. The molecule has 0 spiro atoms. The summed E-state index contributed by atoms with van der Waals surface area (Å²) in [7, 11) is 0. The molecule has 3 rings (SSSR count). The number of nitrogens with zero attached hydrogens (tertiary/aromatic N) is 1. The van der Waals surface area contributed by atoms with E-state index in [2.05, 4.69) is 4.98 Å². The van der Waals surface area contributed by atoms with E-state index in [4.69, 9.17) is 0 Å². The van der Waals surface area contributed by atoms with E-state index in [1.807, 2.05) is 19.1 Å². The van der Waals surface area contributed by atoms with Gasteiger partial charge in [-0.25, -0.2) is 0 Å². The maximum atomic E-state index is 12.3. The number of carbonyl (C=O) groups excluding carboxylic acids is 2. The van der Waals surface area contributed by atoms with Crippen LogP contribution in [-0.4, -0.2) is 16.6 Å². The fraction of sp³-hybridized carbons (Fsp3) is 0.188. The number of hydrogen-bond donors (Lipinski definition) is 0. The zero-order valence-corrected chi connectivity index (χ0v) is 10.6. The average molecular weight is 251 g/mol. The van der Waals surface area contributed by atoms with Crippen LogP contribution in [0.25, 0.3) is 0 Å². The Morgan fingerprint density at radius 2 is 1.68 bits per heavy atom.